The van der Waals surface area contributed by atoms with Crippen molar-refractivity contribution in [3.8, 4) is 0 Å². The molecule has 1 N–H and O–H groups in total. The minimum Gasteiger partial charge on any atom is -0.466 e. The van der Waals surface area contributed by atoms with Crippen molar-refractivity contribution in [2.75, 3.05) is 43.0 Å². The molecule has 1 aliphatic rings. The summed E-state index contributed by atoms with van der Waals surface area (Å²) in [5, 5.41) is 3.49. The molecule has 4 rings (SSSR count). The van der Waals surface area contributed by atoms with E-state index in [9.17, 15) is 9.59 Å². The SMILES string of the molecule is CCOC(=O)CCCNc1ccccc1CCCN1CCC(N(C(=O)c2ccco2)c2ccc(C)cc2)CC1. The minimum absolute atomic E-state index is 0.0753. The topological polar surface area (TPSA) is 75.0 Å². The number of hydrogen-bond donors (Lipinski definition) is 1. The zero-order valence-corrected chi connectivity index (χ0v) is 23.2. The zero-order chi connectivity index (χ0) is 27.5. The van der Waals surface area contributed by atoms with Crippen LogP contribution in [-0.4, -0.2) is 55.6 Å². The van der Waals surface area contributed by atoms with Crippen LogP contribution in [0.25, 0.3) is 0 Å². The van der Waals surface area contributed by atoms with Crippen molar-refractivity contribution in [3.63, 3.8) is 0 Å². The molecule has 1 aliphatic heterocycles. The van der Waals surface area contributed by atoms with Crippen molar-refractivity contribution in [2.45, 2.75) is 58.4 Å². The van der Waals surface area contributed by atoms with E-state index >= 15 is 0 Å². The minimum atomic E-state index is -0.135. The van der Waals surface area contributed by atoms with E-state index < -0.39 is 0 Å². The summed E-state index contributed by atoms with van der Waals surface area (Å²) in [6.07, 6.45) is 6.67. The number of piperidine rings is 1. The van der Waals surface area contributed by atoms with E-state index in [1.54, 1.807) is 18.4 Å². The van der Waals surface area contributed by atoms with Gasteiger partial charge in [-0.1, -0.05) is 35.9 Å². The maximum atomic E-state index is 13.4. The summed E-state index contributed by atoms with van der Waals surface area (Å²) in [5.74, 6) is 0.170. The third kappa shape index (κ3) is 8.20. The number of furan rings is 1. The third-order valence-corrected chi connectivity index (χ3v) is 7.30. The molecule has 2 aromatic carbocycles. The fourth-order valence-corrected chi connectivity index (χ4v) is 5.21. The first-order chi connectivity index (χ1) is 19.0. The molecule has 1 aromatic heterocycles. The Bertz CT molecular complexity index is 1170. The van der Waals surface area contributed by atoms with Gasteiger partial charge in [0.25, 0.3) is 5.91 Å². The van der Waals surface area contributed by atoms with E-state index in [1.165, 1.54) is 11.1 Å². The van der Waals surface area contributed by atoms with Crippen LogP contribution in [-0.2, 0) is 16.0 Å². The van der Waals surface area contributed by atoms with E-state index in [2.05, 4.69) is 47.5 Å². The van der Waals surface area contributed by atoms with Crippen LogP contribution in [0.1, 0.15) is 60.7 Å². The molecule has 1 fully saturated rings. The molecule has 3 aromatic rings. The van der Waals surface area contributed by atoms with Crippen molar-refractivity contribution in [1.29, 1.82) is 0 Å². The maximum absolute atomic E-state index is 13.4. The molecule has 0 aliphatic carbocycles. The second-order valence-corrected chi connectivity index (χ2v) is 10.2. The highest BCUT2D eigenvalue weighted by molar-refractivity contribution is 6.04. The van der Waals surface area contributed by atoms with Gasteiger partial charge in [-0.2, -0.15) is 0 Å². The molecule has 0 radical (unpaired) electrons. The smallest absolute Gasteiger partial charge is 0.305 e. The van der Waals surface area contributed by atoms with E-state index in [0.29, 0.717) is 18.8 Å². The second-order valence-electron chi connectivity index (χ2n) is 10.2. The molecule has 7 heteroatoms. The molecule has 7 nitrogen and oxygen atoms in total. The number of anilines is 2. The number of esters is 1. The molecule has 1 saturated heterocycles. The number of ether oxygens (including phenoxy) is 1. The van der Waals surface area contributed by atoms with Gasteiger partial charge in [-0.15, -0.1) is 0 Å². The first-order valence-corrected chi connectivity index (χ1v) is 14.2. The Balaban J connectivity index is 1.26. The van der Waals surface area contributed by atoms with Crippen molar-refractivity contribution < 1.29 is 18.7 Å². The van der Waals surface area contributed by atoms with Crippen LogP contribution < -0.4 is 10.2 Å². The number of carbonyl (C=O) groups excluding carboxylic acids is 2. The largest absolute Gasteiger partial charge is 0.466 e. The summed E-state index contributed by atoms with van der Waals surface area (Å²) in [7, 11) is 0. The van der Waals surface area contributed by atoms with Gasteiger partial charge in [-0.05, 0) is 88.4 Å². The number of benzene rings is 2. The third-order valence-electron chi connectivity index (χ3n) is 7.30. The van der Waals surface area contributed by atoms with Gasteiger partial charge in [0.1, 0.15) is 0 Å². The highest BCUT2D eigenvalue weighted by Crippen LogP contribution is 2.27. The standard InChI is InChI=1S/C32H41N3O4/c1-3-38-31(36)13-6-20-33-29-11-5-4-9-26(29)10-7-21-34-22-18-28(19-23-34)35(27-16-14-25(2)15-17-27)32(37)30-12-8-24-39-30/h4-5,8-9,11-12,14-17,24,28,33H,3,6-7,10,13,18-23H2,1-2H3. The Morgan fingerprint density at radius 3 is 2.51 bits per heavy atom. The predicted octanol–water partition coefficient (Wildman–Crippen LogP) is 6.09. The first kappa shape index (κ1) is 28.4. The van der Waals surface area contributed by atoms with Crippen LogP contribution >= 0.6 is 0 Å². The Hall–Kier alpha value is -3.58. The number of likely N-dealkylation sites (tertiary alicyclic amines) is 1. The molecule has 0 saturated carbocycles. The molecule has 0 bridgehead atoms. The van der Waals surface area contributed by atoms with E-state index in [1.807, 2.05) is 30.0 Å². The van der Waals surface area contributed by atoms with Crippen LogP contribution in [0.15, 0.2) is 71.3 Å². The van der Waals surface area contributed by atoms with Gasteiger partial charge in [-0.3, -0.25) is 9.59 Å². The number of aryl methyl sites for hydroxylation is 2. The van der Waals surface area contributed by atoms with E-state index in [-0.39, 0.29) is 17.9 Å². The van der Waals surface area contributed by atoms with Gasteiger partial charge in [0.2, 0.25) is 0 Å². The van der Waals surface area contributed by atoms with Crippen molar-refractivity contribution in [1.82, 2.24) is 4.90 Å². The summed E-state index contributed by atoms with van der Waals surface area (Å²) >= 11 is 0. The predicted molar refractivity (Wildman–Crippen MR) is 155 cm³/mol. The highest BCUT2D eigenvalue weighted by atomic mass is 16.5. The van der Waals surface area contributed by atoms with E-state index in [4.69, 9.17) is 9.15 Å². The fourth-order valence-electron chi connectivity index (χ4n) is 5.21. The first-order valence-electron chi connectivity index (χ1n) is 14.2. The van der Waals surface area contributed by atoms with Crippen LogP contribution in [0, 0.1) is 6.92 Å². The monoisotopic (exact) mass is 531 g/mol. The number of rotatable bonds is 13. The fraction of sp³-hybridized carbons (Fsp3) is 0.438. The Morgan fingerprint density at radius 1 is 1.03 bits per heavy atom. The molecule has 208 valence electrons. The Labute approximate surface area is 232 Å². The average molecular weight is 532 g/mol. The molecule has 2 heterocycles. The van der Waals surface area contributed by atoms with Gasteiger partial charge < -0.3 is 24.3 Å². The summed E-state index contributed by atoms with van der Waals surface area (Å²) in [4.78, 5) is 29.4. The molecule has 0 unspecified atom stereocenters. The van der Waals surface area contributed by atoms with Gasteiger partial charge in [-0.25, -0.2) is 0 Å². The quantitative estimate of drug-likeness (QED) is 0.213. The lowest BCUT2D eigenvalue weighted by molar-refractivity contribution is -0.143. The van der Waals surface area contributed by atoms with Crippen molar-refractivity contribution in [3.05, 3.63) is 83.8 Å². The van der Waals surface area contributed by atoms with Crippen LogP contribution in [0.2, 0.25) is 0 Å². The normalized spacial score (nSPS) is 14.2. The lowest BCUT2D eigenvalue weighted by Crippen LogP contribution is -2.47. The number of nitrogens with zero attached hydrogens (tertiary/aromatic N) is 2. The van der Waals surface area contributed by atoms with Gasteiger partial charge in [0.05, 0.1) is 12.9 Å². The summed E-state index contributed by atoms with van der Waals surface area (Å²) in [6, 6.07) is 20.2. The molecule has 0 atom stereocenters. The van der Waals surface area contributed by atoms with E-state index in [0.717, 1.165) is 69.7 Å². The van der Waals surface area contributed by atoms with Crippen molar-refractivity contribution in [2.24, 2.45) is 0 Å². The highest BCUT2D eigenvalue weighted by Gasteiger charge is 2.31. The molecule has 1 amide bonds. The van der Waals surface area contributed by atoms with Crippen molar-refractivity contribution >= 4 is 23.3 Å². The molecular formula is C32H41N3O4. The lowest BCUT2D eigenvalue weighted by atomic mass is 10.0. The van der Waals surface area contributed by atoms with Crippen LogP contribution in [0.3, 0.4) is 0 Å². The number of para-hydroxylation sites is 1. The lowest BCUT2D eigenvalue weighted by Gasteiger charge is -2.38. The van der Waals surface area contributed by atoms with Crippen LogP contribution in [0.4, 0.5) is 11.4 Å². The molecule has 0 spiro atoms. The number of hydrogen-bond acceptors (Lipinski definition) is 6. The van der Waals surface area contributed by atoms with Gasteiger partial charge in [0, 0.05) is 43.5 Å². The van der Waals surface area contributed by atoms with Crippen LogP contribution in [0.5, 0.6) is 0 Å². The average Bonchev–Trinajstić information content (AvgIpc) is 3.49. The Morgan fingerprint density at radius 2 is 1.79 bits per heavy atom. The molecule has 39 heavy (non-hydrogen) atoms. The van der Waals surface area contributed by atoms with Gasteiger partial charge >= 0.3 is 5.97 Å². The molecular weight excluding hydrogens is 490 g/mol. The maximum Gasteiger partial charge on any atom is 0.305 e. The number of carbonyl (C=O) groups is 2. The summed E-state index contributed by atoms with van der Waals surface area (Å²) < 4.78 is 10.5. The summed E-state index contributed by atoms with van der Waals surface area (Å²) in [6.45, 7) is 8.03. The zero-order valence-electron chi connectivity index (χ0n) is 23.2. The number of amides is 1. The Kier molecular flexibility index (Phi) is 10.6. The second kappa shape index (κ2) is 14.5. The van der Waals surface area contributed by atoms with Gasteiger partial charge in [0.15, 0.2) is 5.76 Å². The summed E-state index contributed by atoms with van der Waals surface area (Å²) in [5.41, 5.74) is 4.54. The number of nitrogens with one attached hydrogen (secondary N) is 1.